The van der Waals surface area contributed by atoms with Crippen molar-refractivity contribution in [3.05, 3.63) is 42.0 Å². The maximum absolute atomic E-state index is 9.25. The van der Waals surface area contributed by atoms with Gasteiger partial charge in [0.25, 0.3) is 0 Å². The monoisotopic (exact) mass is 212 g/mol. The Kier molecular flexibility index (Phi) is 3.09. The van der Waals surface area contributed by atoms with Crippen LogP contribution >= 0.6 is 0 Å². The van der Waals surface area contributed by atoms with E-state index in [-0.39, 0.29) is 13.2 Å². The largest absolute Gasteiger partial charge is 0.481 e. The summed E-state index contributed by atoms with van der Waals surface area (Å²) in [6.07, 6.45) is 5.14. The van der Waals surface area contributed by atoms with E-state index in [2.05, 4.69) is 5.92 Å². The van der Waals surface area contributed by atoms with Crippen molar-refractivity contribution in [2.45, 2.75) is 6.61 Å². The van der Waals surface area contributed by atoms with E-state index in [0.29, 0.717) is 5.75 Å². The Labute approximate surface area is 94.5 Å². The van der Waals surface area contributed by atoms with Gasteiger partial charge in [-0.3, -0.25) is 0 Å². The molecule has 2 aromatic carbocycles. The Bertz CT molecular complexity index is 538. The minimum Gasteiger partial charge on any atom is -0.481 e. The van der Waals surface area contributed by atoms with Gasteiger partial charge in [0, 0.05) is 5.56 Å². The number of hydrogen-bond donors (Lipinski definition) is 1. The highest BCUT2D eigenvalue weighted by molar-refractivity contribution is 5.84. The molecule has 0 bridgehead atoms. The molecule has 0 unspecified atom stereocenters. The van der Waals surface area contributed by atoms with Crippen molar-refractivity contribution in [2.75, 3.05) is 6.61 Å². The number of benzene rings is 2. The van der Waals surface area contributed by atoms with Crippen molar-refractivity contribution in [2.24, 2.45) is 0 Å². The summed E-state index contributed by atoms with van der Waals surface area (Å²) in [6.45, 7) is 0.163. The molecule has 80 valence electrons. The molecule has 2 rings (SSSR count). The van der Waals surface area contributed by atoms with Crippen LogP contribution in [-0.4, -0.2) is 11.7 Å². The lowest BCUT2D eigenvalue weighted by atomic mass is 10.1. The third-order valence-electron chi connectivity index (χ3n) is 2.41. The van der Waals surface area contributed by atoms with Gasteiger partial charge in [-0.2, -0.15) is 0 Å². The summed E-state index contributed by atoms with van der Waals surface area (Å²) in [5, 5.41) is 11.4. The SMILES string of the molecule is C#CCOc1cc2ccccc2cc1CO. The van der Waals surface area contributed by atoms with Crippen LogP contribution in [0.4, 0.5) is 0 Å². The Balaban J connectivity index is 2.50. The third-order valence-corrected chi connectivity index (χ3v) is 2.41. The number of aliphatic hydroxyl groups excluding tert-OH is 1. The number of ether oxygens (including phenoxy) is 1. The molecule has 0 aliphatic rings. The molecule has 16 heavy (non-hydrogen) atoms. The molecule has 2 aromatic rings. The molecule has 0 aliphatic carbocycles. The summed E-state index contributed by atoms with van der Waals surface area (Å²) in [6, 6.07) is 11.7. The lowest BCUT2D eigenvalue weighted by molar-refractivity contribution is 0.271. The van der Waals surface area contributed by atoms with Gasteiger partial charge in [0.2, 0.25) is 0 Å². The fourth-order valence-corrected chi connectivity index (χ4v) is 1.64. The van der Waals surface area contributed by atoms with Gasteiger partial charge in [0.1, 0.15) is 12.4 Å². The summed E-state index contributed by atoms with van der Waals surface area (Å²) in [5.41, 5.74) is 0.758. The Morgan fingerprint density at radius 3 is 2.50 bits per heavy atom. The smallest absolute Gasteiger partial charge is 0.148 e. The number of hydrogen-bond acceptors (Lipinski definition) is 2. The highest BCUT2D eigenvalue weighted by atomic mass is 16.5. The van der Waals surface area contributed by atoms with Crippen LogP contribution in [0.25, 0.3) is 10.8 Å². The van der Waals surface area contributed by atoms with Crippen LogP contribution < -0.4 is 4.74 Å². The predicted molar refractivity (Wildman–Crippen MR) is 64.2 cm³/mol. The van der Waals surface area contributed by atoms with Gasteiger partial charge >= 0.3 is 0 Å². The van der Waals surface area contributed by atoms with Crippen LogP contribution in [0.5, 0.6) is 5.75 Å². The Hall–Kier alpha value is -1.98. The van der Waals surface area contributed by atoms with Gasteiger partial charge < -0.3 is 9.84 Å². The molecule has 2 heteroatoms. The molecule has 2 nitrogen and oxygen atoms in total. The van der Waals surface area contributed by atoms with Crippen molar-refractivity contribution < 1.29 is 9.84 Å². The predicted octanol–water partition coefficient (Wildman–Crippen LogP) is 2.34. The fraction of sp³-hybridized carbons (Fsp3) is 0.143. The molecular formula is C14H12O2. The maximum Gasteiger partial charge on any atom is 0.148 e. The molecule has 0 fully saturated rings. The average Bonchev–Trinajstić information content (AvgIpc) is 2.35. The molecule has 0 aromatic heterocycles. The third kappa shape index (κ3) is 2.00. The van der Waals surface area contributed by atoms with Gasteiger partial charge in [-0.05, 0) is 22.9 Å². The quantitative estimate of drug-likeness (QED) is 0.791. The summed E-state index contributed by atoms with van der Waals surface area (Å²) < 4.78 is 5.39. The van der Waals surface area contributed by atoms with Gasteiger partial charge in [0.15, 0.2) is 0 Å². The molecule has 1 N–H and O–H groups in total. The fourth-order valence-electron chi connectivity index (χ4n) is 1.64. The van der Waals surface area contributed by atoms with Crippen molar-refractivity contribution in [3.8, 4) is 18.1 Å². The molecule has 0 heterocycles. The van der Waals surface area contributed by atoms with Gasteiger partial charge in [-0.1, -0.05) is 30.2 Å². The summed E-state index contributed by atoms with van der Waals surface area (Å²) in [7, 11) is 0. The second-order valence-electron chi connectivity index (χ2n) is 3.46. The van der Waals surface area contributed by atoms with Crippen molar-refractivity contribution >= 4 is 10.8 Å². The van der Waals surface area contributed by atoms with E-state index in [1.165, 1.54) is 0 Å². The number of rotatable bonds is 3. The lowest BCUT2D eigenvalue weighted by Crippen LogP contribution is -1.98. The Morgan fingerprint density at radius 1 is 1.19 bits per heavy atom. The molecule has 0 saturated carbocycles. The summed E-state index contributed by atoms with van der Waals surface area (Å²) in [4.78, 5) is 0. The number of aliphatic hydroxyl groups is 1. The zero-order valence-corrected chi connectivity index (χ0v) is 8.81. The van der Waals surface area contributed by atoms with Gasteiger partial charge in [-0.25, -0.2) is 0 Å². The summed E-state index contributed by atoms with van der Waals surface area (Å²) in [5.74, 6) is 3.06. The van der Waals surface area contributed by atoms with E-state index in [1.54, 1.807) is 0 Å². The van der Waals surface area contributed by atoms with E-state index >= 15 is 0 Å². The number of terminal acetylenes is 1. The average molecular weight is 212 g/mol. The van der Waals surface area contributed by atoms with E-state index in [9.17, 15) is 5.11 Å². The molecule has 0 saturated heterocycles. The highest BCUT2D eigenvalue weighted by Gasteiger charge is 2.04. The first-order chi connectivity index (χ1) is 7.85. The van der Waals surface area contributed by atoms with Crippen LogP contribution in [0.1, 0.15) is 5.56 Å². The van der Waals surface area contributed by atoms with Crippen LogP contribution in [0.2, 0.25) is 0 Å². The van der Waals surface area contributed by atoms with E-state index in [1.807, 2.05) is 36.4 Å². The zero-order chi connectivity index (χ0) is 11.4. The van der Waals surface area contributed by atoms with Crippen LogP contribution in [0.15, 0.2) is 36.4 Å². The first-order valence-corrected chi connectivity index (χ1v) is 5.04. The molecule has 0 radical (unpaired) electrons. The number of fused-ring (bicyclic) bond motifs is 1. The molecule has 0 spiro atoms. The molecule has 0 atom stereocenters. The molecular weight excluding hydrogens is 200 g/mol. The van der Waals surface area contributed by atoms with Crippen molar-refractivity contribution in [1.82, 2.24) is 0 Å². The first-order valence-electron chi connectivity index (χ1n) is 5.04. The first kappa shape index (κ1) is 10.5. The second kappa shape index (κ2) is 4.69. The topological polar surface area (TPSA) is 29.5 Å². The van der Waals surface area contributed by atoms with Crippen LogP contribution in [-0.2, 0) is 6.61 Å². The normalized spacial score (nSPS) is 10.0. The highest BCUT2D eigenvalue weighted by Crippen LogP contribution is 2.26. The van der Waals surface area contributed by atoms with E-state index in [4.69, 9.17) is 11.2 Å². The maximum atomic E-state index is 9.25. The molecule has 0 aliphatic heterocycles. The minimum absolute atomic E-state index is 0.0509. The summed E-state index contributed by atoms with van der Waals surface area (Å²) >= 11 is 0. The van der Waals surface area contributed by atoms with Crippen molar-refractivity contribution in [3.63, 3.8) is 0 Å². The van der Waals surface area contributed by atoms with Gasteiger partial charge in [-0.15, -0.1) is 6.42 Å². The van der Waals surface area contributed by atoms with Gasteiger partial charge in [0.05, 0.1) is 6.61 Å². The van der Waals surface area contributed by atoms with E-state index < -0.39 is 0 Å². The van der Waals surface area contributed by atoms with Crippen molar-refractivity contribution in [1.29, 1.82) is 0 Å². The minimum atomic E-state index is -0.0509. The van der Waals surface area contributed by atoms with E-state index in [0.717, 1.165) is 16.3 Å². The van der Waals surface area contributed by atoms with Crippen LogP contribution in [0.3, 0.4) is 0 Å². The second-order valence-corrected chi connectivity index (χ2v) is 3.46. The zero-order valence-electron chi connectivity index (χ0n) is 8.81. The molecule has 0 amide bonds. The Morgan fingerprint density at radius 2 is 1.88 bits per heavy atom. The lowest BCUT2D eigenvalue weighted by Gasteiger charge is -2.09. The standard InChI is InChI=1S/C14H12O2/c1-2-7-16-14-9-12-6-4-3-5-11(12)8-13(14)10-15/h1,3-6,8-9,15H,7,10H2. The van der Waals surface area contributed by atoms with Crippen LogP contribution in [0, 0.1) is 12.3 Å².